The minimum Gasteiger partial charge on any atom is -0.282 e. The fourth-order valence-corrected chi connectivity index (χ4v) is 2.45. The summed E-state index contributed by atoms with van der Waals surface area (Å²) >= 11 is 4.69. The molecule has 0 spiro atoms. The first-order valence-corrected chi connectivity index (χ1v) is 7.00. The Balaban J connectivity index is 1.96. The van der Waals surface area contributed by atoms with Gasteiger partial charge in [-0.2, -0.15) is 0 Å². The van der Waals surface area contributed by atoms with E-state index in [9.17, 15) is 4.79 Å². The van der Waals surface area contributed by atoms with Gasteiger partial charge < -0.3 is 0 Å². The normalized spacial score (nSPS) is 10.2. The van der Waals surface area contributed by atoms with Crippen molar-refractivity contribution in [3.05, 3.63) is 70.2 Å². The van der Waals surface area contributed by atoms with Gasteiger partial charge in [-0.25, -0.2) is 0 Å². The molecule has 17 heavy (non-hydrogen) atoms. The first-order valence-electron chi connectivity index (χ1n) is 5.22. The van der Waals surface area contributed by atoms with Crippen LogP contribution in [0.1, 0.15) is 15.9 Å². The molecule has 0 aliphatic carbocycles. The molecule has 1 nitrogen and oxygen atoms in total. The highest BCUT2D eigenvalue weighted by Gasteiger charge is 2.06. The first kappa shape index (κ1) is 12.4. The van der Waals surface area contributed by atoms with Crippen LogP contribution >= 0.6 is 27.7 Å². The number of halogens is 1. The van der Waals surface area contributed by atoms with Crippen LogP contribution in [-0.2, 0) is 5.75 Å². The fourth-order valence-electron chi connectivity index (χ4n) is 1.39. The van der Waals surface area contributed by atoms with Gasteiger partial charge in [-0.1, -0.05) is 58.0 Å². The van der Waals surface area contributed by atoms with E-state index in [4.69, 9.17) is 0 Å². The van der Waals surface area contributed by atoms with Gasteiger partial charge in [-0.05, 0) is 29.8 Å². The molecule has 86 valence electrons. The van der Waals surface area contributed by atoms with E-state index in [1.165, 1.54) is 17.3 Å². The standard InChI is InChI=1S/C14H11BrOS/c15-13-8-6-12(7-9-13)14(16)17-10-11-4-2-1-3-5-11/h1-9H,10H2. The molecule has 0 aliphatic rings. The molecule has 0 aromatic heterocycles. The monoisotopic (exact) mass is 306 g/mol. The number of hydrogen-bond donors (Lipinski definition) is 0. The molecule has 2 aromatic rings. The van der Waals surface area contributed by atoms with E-state index in [2.05, 4.69) is 15.9 Å². The zero-order valence-electron chi connectivity index (χ0n) is 9.10. The summed E-state index contributed by atoms with van der Waals surface area (Å²) in [6.45, 7) is 0. The molecule has 0 saturated carbocycles. The summed E-state index contributed by atoms with van der Waals surface area (Å²) in [6, 6.07) is 17.5. The maximum atomic E-state index is 11.9. The number of carbonyl (C=O) groups excluding carboxylic acids is 1. The molecule has 0 saturated heterocycles. The quantitative estimate of drug-likeness (QED) is 0.829. The molecule has 0 aliphatic heterocycles. The number of rotatable bonds is 3. The Morgan fingerprint density at radius 3 is 2.29 bits per heavy atom. The highest BCUT2D eigenvalue weighted by Crippen LogP contribution is 2.19. The van der Waals surface area contributed by atoms with Crippen molar-refractivity contribution in [1.29, 1.82) is 0 Å². The second-order valence-electron chi connectivity index (χ2n) is 3.57. The van der Waals surface area contributed by atoms with E-state index in [0.717, 1.165) is 15.8 Å². The number of hydrogen-bond acceptors (Lipinski definition) is 2. The molecule has 0 fully saturated rings. The Morgan fingerprint density at radius 2 is 1.65 bits per heavy atom. The summed E-state index contributed by atoms with van der Waals surface area (Å²) in [6.07, 6.45) is 0. The highest BCUT2D eigenvalue weighted by molar-refractivity contribution is 9.10. The van der Waals surface area contributed by atoms with Gasteiger partial charge in [-0.3, -0.25) is 4.79 Å². The maximum absolute atomic E-state index is 11.9. The topological polar surface area (TPSA) is 17.1 Å². The Hall–Kier alpha value is -1.06. The van der Waals surface area contributed by atoms with Crippen LogP contribution in [0.2, 0.25) is 0 Å². The predicted octanol–water partition coefficient (Wildman–Crippen LogP) is 4.52. The number of thioether (sulfide) groups is 1. The second kappa shape index (κ2) is 6.03. The molecule has 0 amide bonds. The van der Waals surface area contributed by atoms with Crippen LogP contribution in [0.4, 0.5) is 0 Å². The molecule has 3 heteroatoms. The lowest BCUT2D eigenvalue weighted by Crippen LogP contribution is -1.93. The third-order valence-electron chi connectivity index (χ3n) is 2.29. The molecular formula is C14H11BrOS. The lowest BCUT2D eigenvalue weighted by atomic mass is 10.2. The van der Waals surface area contributed by atoms with Gasteiger partial charge in [0.2, 0.25) is 5.12 Å². The van der Waals surface area contributed by atoms with Gasteiger partial charge in [0.25, 0.3) is 0 Å². The number of benzene rings is 2. The Morgan fingerprint density at radius 1 is 1.00 bits per heavy atom. The van der Waals surface area contributed by atoms with Crippen molar-refractivity contribution in [2.75, 3.05) is 0 Å². The van der Waals surface area contributed by atoms with Crippen molar-refractivity contribution in [3.63, 3.8) is 0 Å². The lowest BCUT2D eigenvalue weighted by molar-refractivity contribution is 0.108. The van der Waals surface area contributed by atoms with Gasteiger partial charge >= 0.3 is 0 Å². The van der Waals surface area contributed by atoms with Crippen molar-refractivity contribution in [1.82, 2.24) is 0 Å². The minimum absolute atomic E-state index is 0.112. The zero-order valence-corrected chi connectivity index (χ0v) is 11.5. The molecule has 0 N–H and O–H groups in total. The van der Waals surface area contributed by atoms with Crippen LogP contribution in [0.5, 0.6) is 0 Å². The van der Waals surface area contributed by atoms with Crippen LogP contribution < -0.4 is 0 Å². The Bertz CT molecular complexity index is 493. The summed E-state index contributed by atoms with van der Waals surface area (Å²) in [4.78, 5) is 11.9. The molecule has 0 unspecified atom stereocenters. The second-order valence-corrected chi connectivity index (χ2v) is 5.43. The van der Waals surface area contributed by atoms with Crippen LogP contribution in [-0.4, -0.2) is 5.12 Å². The van der Waals surface area contributed by atoms with E-state index < -0.39 is 0 Å². The van der Waals surface area contributed by atoms with Crippen LogP contribution in [0.25, 0.3) is 0 Å². The Kier molecular flexibility index (Phi) is 4.40. The molecule has 0 radical (unpaired) electrons. The van der Waals surface area contributed by atoms with E-state index in [0.29, 0.717) is 0 Å². The molecule has 2 rings (SSSR count). The van der Waals surface area contributed by atoms with Crippen molar-refractivity contribution < 1.29 is 4.79 Å². The molecule has 0 atom stereocenters. The molecule has 2 aromatic carbocycles. The minimum atomic E-state index is 0.112. The zero-order chi connectivity index (χ0) is 12.1. The first-order chi connectivity index (χ1) is 8.25. The predicted molar refractivity (Wildman–Crippen MR) is 76.2 cm³/mol. The summed E-state index contributed by atoms with van der Waals surface area (Å²) < 4.78 is 0.988. The third-order valence-corrected chi connectivity index (χ3v) is 3.80. The maximum Gasteiger partial charge on any atom is 0.219 e. The van der Waals surface area contributed by atoms with Gasteiger partial charge in [-0.15, -0.1) is 0 Å². The number of carbonyl (C=O) groups is 1. The summed E-state index contributed by atoms with van der Waals surface area (Å²) in [5.41, 5.74) is 1.91. The Labute approximate surface area is 113 Å². The fraction of sp³-hybridized carbons (Fsp3) is 0.0714. The summed E-state index contributed by atoms with van der Waals surface area (Å²) in [5.74, 6) is 0.718. The van der Waals surface area contributed by atoms with E-state index in [1.54, 1.807) is 0 Å². The van der Waals surface area contributed by atoms with Crippen molar-refractivity contribution in [2.24, 2.45) is 0 Å². The van der Waals surface area contributed by atoms with Crippen LogP contribution in [0.15, 0.2) is 59.1 Å². The van der Waals surface area contributed by atoms with Crippen LogP contribution in [0, 0.1) is 0 Å². The molecule has 0 bridgehead atoms. The van der Waals surface area contributed by atoms with Gasteiger partial charge in [0.1, 0.15) is 0 Å². The van der Waals surface area contributed by atoms with Crippen LogP contribution in [0.3, 0.4) is 0 Å². The van der Waals surface area contributed by atoms with E-state index in [1.807, 2.05) is 54.6 Å². The van der Waals surface area contributed by atoms with Crippen molar-refractivity contribution in [2.45, 2.75) is 5.75 Å². The molecule has 0 heterocycles. The van der Waals surface area contributed by atoms with Crippen molar-refractivity contribution in [3.8, 4) is 0 Å². The van der Waals surface area contributed by atoms with E-state index in [-0.39, 0.29) is 5.12 Å². The smallest absolute Gasteiger partial charge is 0.219 e. The molecular weight excluding hydrogens is 296 g/mol. The van der Waals surface area contributed by atoms with Gasteiger partial charge in [0.15, 0.2) is 0 Å². The summed E-state index contributed by atoms with van der Waals surface area (Å²) in [7, 11) is 0. The van der Waals surface area contributed by atoms with Crippen molar-refractivity contribution >= 4 is 32.8 Å². The summed E-state index contributed by atoms with van der Waals surface area (Å²) in [5, 5.41) is 0.112. The largest absolute Gasteiger partial charge is 0.282 e. The average molecular weight is 307 g/mol. The lowest BCUT2D eigenvalue weighted by Gasteiger charge is -2.01. The van der Waals surface area contributed by atoms with Gasteiger partial charge in [0.05, 0.1) is 0 Å². The highest BCUT2D eigenvalue weighted by atomic mass is 79.9. The SMILES string of the molecule is O=C(SCc1ccccc1)c1ccc(Br)cc1. The van der Waals surface area contributed by atoms with Gasteiger partial charge in [0, 0.05) is 15.8 Å². The van der Waals surface area contributed by atoms with E-state index >= 15 is 0 Å². The average Bonchev–Trinajstić information content (AvgIpc) is 2.38. The third kappa shape index (κ3) is 3.72.